The van der Waals surface area contributed by atoms with Crippen LogP contribution in [0, 0.1) is 0 Å². The average Bonchev–Trinajstić information content (AvgIpc) is 2.19. The lowest BCUT2D eigenvalue weighted by Gasteiger charge is -2.05. The molecule has 0 bridgehead atoms. The van der Waals surface area contributed by atoms with E-state index in [0.717, 1.165) is 12.2 Å². The van der Waals surface area contributed by atoms with Gasteiger partial charge in [0.15, 0.2) is 0 Å². The second-order valence-electron chi connectivity index (χ2n) is 2.84. The van der Waals surface area contributed by atoms with Crippen LogP contribution >= 0.6 is 0 Å². The Morgan fingerprint density at radius 2 is 1.77 bits per heavy atom. The molecular weight excluding hydrogens is 164 g/mol. The first kappa shape index (κ1) is 10.1. The van der Waals surface area contributed by atoms with Gasteiger partial charge in [0.1, 0.15) is 12.4 Å². The summed E-state index contributed by atoms with van der Waals surface area (Å²) in [5.41, 5.74) is 1.33. The largest absolute Gasteiger partial charge is 0.491 e. The van der Waals surface area contributed by atoms with Crippen LogP contribution in [0.4, 0.5) is 0 Å². The highest BCUT2D eigenvalue weighted by atomic mass is 16.5. The molecule has 2 heteroatoms. The molecule has 1 rings (SSSR count). The maximum absolute atomic E-state index is 5.42. The van der Waals surface area contributed by atoms with Crippen molar-refractivity contribution < 1.29 is 9.47 Å². The average molecular weight is 180 g/mol. The molecule has 0 fully saturated rings. The third-order valence-electron chi connectivity index (χ3n) is 1.89. The molecule has 2 nitrogen and oxygen atoms in total. The SMILES string of the molecule is CCc1ccc(OCCOC)cc1. The van der Waals surface area contributed by atoms with Gasteiger partial charge in [-0.3, -0.25) is 0 Å². The lowest BCUT2D eigenvalue weighted by molar-refractivity contribution is 0.146. The summed E-state index contributed by atoms with van der Waals surface area (Å²) in [5.74, 6) is 0.911. The molecule has 0 spiro atoms. The first-order chi connectivity index (χ1) is 6.36. The summed E-state index contributed by atoms with van der Waals surface area (Å²) in [5, 5.41) is 0. The summed E-state index contributed by atoms with van der Waals surface area (Å²) in [4.78, 5) is 0. The standard InChI is InChI=1S/C11H16O2/c1-3-10-4-6-11(7-5-10)13-9-8-12-2/h4-7H,3,8-9H2,1-2H3. The van der Waals surface area contributed by atoms with Gasteiger partial charge in [0, 0.05) is 7.11 Å². The van der Waals surface area contributed by atoms with Crippen molar-refractivity contribution in [3.8, 4) is 5.75 Å². The van der Waals surface area contributed by atoms with E-state index in [1.54, 1.807) is 7.11 Å². The molecule has 0 radical (unpaired) electrons. The van der Waals surface area contributed by atoms with Gasteiger partial charge in [-0.25, -0.2) is 0 Å². The molecule has 13 heavy (non-hydrogen) atoms. The molecule has 72 valence electrons. The summed E-state index contributed by atoms with van der Waals surface area (Å²) in [6.07, 6.45) is 1.07. The van der Waals surface area contributed by atoms with Gasteiger partial charge >= 0.3 is 0 Å². The Labute approximate surface area is 79.5 Å². The van der Waals surface area contributed by atoms with Crippen molar-refractivity contribution >= 4 is 0 Å². The second kappa shape index (κ2) is 5.60. The van der Waals surface area contributed by atoms with Crippen molar-refractivity contribution in [2.45, 2.75) is 13.3 Å². The Morgan fingerprint density at radius 3 is 2.31 bits per heavy atom. The number of ether oxygens (including phenoxy) is 2. The van der Waals surface area contributed by atoms with Gasteiger partial charge in [-0.15, -0.1) is 0 Å². The molecule has 1 aromatic rings. The molecule has 0 saturated heterocycles. The van der Waals surface area contributed by atoms with Gasteiger partial charge < -0.3 is 9.47 Å². The highest BCUT2D eigenvalue weighted by Crippen LogP contribution is 2.11. The van der Waals surface area contributed by atoms with Crippen molar-refractivity contribution in [2.75, 3.05) is 20.3 Å². The number of hydrogen-bond acceptors (Lipinski definition) is 2. The van der Waals surface area contributed by atoms with Crippen LogP contribution in [-0.4, -0.2) is 20.3 Å². The van der Waals surface area contributed by atoms with Crippen molar-refractivity contribution in [1.82, 2.24) is 0 Å². The maximum atomic E-state index is 5.42. The fraction of sp³-hybridized carbons (Fsp3) is 0.455. The normalized spacial score (nSPS) is 10.0. The predicted octanol–water partition coefficient (Wildman–Crippen LogP) is 2.27. The number of methoxy groups -OCH3 is 1. The van der Waals surface area contributed by atoms with E-state index in [9.17, 15) is 0 Å². The number of rotatable bonds is 5. The molecule has 0 atom stereocenters. The quantitative estimate of drug-likeness (QED) is 0.647. The van der Waals surface area contributed by atoms with Gasteiger partial charge in [0.2, 0.25) is 0 Å². The molecule has 0 amide bonds. The van der Waals surface area contributed by atoms with E-state index in [0.29, 0.717) is 13.2 Å². The van der Waals surface area contributed by atoms with Crippen LogP contribution in [0.5, 0.6) is 5.75 Å². The first-order valence-electron chi connectivity index (χ1n) is 4.57. The van der Waals surface area contributed by atoms with Crippen LogP contribution < -0.4 is 4.74 Å². The van der Waals surface area contributed by atoms with E-state index >= 15 is 0 Å². The molecule has 0 N–H and O–H groups in total. The zero-order chi connectivity index (χ0) is 9.52. The highest BCUT2D eigenvalue weighted by molar-refractivity contribution is 5.27. The molecule has 0 heterocycles. The molecule has 0 aliphatic rings. The first-order valence-corrected chi connectivity index (χ1v) is 4.57. The second-order valence-corrected chi connectivity index (χ2v) is 2.84. The lowest BCUT2D eigenvalue weighted by Crippen LogP contribution is -2.03. The lowest BCUT2D eigenvalue weighted by atomic mass is 10.2. The van der Waals surface area contributed by atoms with Gasteiger partial charge in [0.05, 0.1) is 6.61 Å². The Kier molecular flexibility index (Phi) is 4.33. The van der Waals surface area contributed by atoms with Gasteiger partial charge in [-0.05, 0) is 24.1 Å². The molecule has 0 aliphatic carbocycles. The van der Waals surface area contributed by atoms with Crippen molar-refractivity contribution in [3.63, 3.8) is 0 Å². The molecular formula is C11H16O2. The topological polar surface area (TPSA) is 18.5 Å². The van der Waals surface area contributed by atoms with Crippen LogP contribution in [0.15, 0.2) is 24.3 Å². The van der Waals surface area contributed by atoms with E-state index in [1.165, 1.54) is 5.56 Å². The van der Waals surface area contributed by atoms with Crippen LogP contribution in [0.25, 0.3) is 0 Å². The maximum Gasteiger partial charge on any atom is 0.119 e. The van der Waals surface area contributed by atoms with Crippen LogP contribution in [-0.2, 0) is 11.2 Å². The third-order valence-corrected chi connectivity index (χ3v) is 1.89. The van der Waals surface area contributed by atoms with E-state index < -0.39 is 0 Å². The Morgan fingerprint density at radius 1 is 1.08 bits per heavy atom. The van der Waals surface area contributed by atoms with Crippen molar-refractivity contribution in [1.29, 1.82) is 0 Å². The minimum absolute atomic E-state index is 0.613. The van der Waals surface area contributed by atoms with E-state index in [1.807, 2.05) is 12.1 Å². The highest BCUT2D eigenvalue weighted by Gasteiger charge is 1.93. The Bertz CT molecular complexity index is 228. The van der Waals surface area contributed by atoms with Crippen LogP contribution in [0.1, 0.15) is 12.5 Å². The summed E-state index contributed by atoms with van der Waals surface area (Å²) in [7, 11) is 1.67. The summed E-state index contributed by atoms with van der Waals surface area (Å²) >= 11 is 0. The fourth-order valence-corrected chi connectivity index (χ4v) is 1.06. The summed E-state index contributed by atoms with van der Waals surface area (Å²) in [6.45, 7) is 3.39. The van der Waals surface area contributed by atoms with E-state index in [2.05, 4.69) is 19.1 Å². The molecule has 0 saturated carbocycles. The van der Waals surface area contributed by atoms with Crippen molar-refractivity contribution in [3.05, 3.63) is 29.8 Å². The van der Waals surface area contributed by atoms with Gasteiger partial charge in [-0.1, -0.05) is 19.1 Å². The van der Waals surface area contributed by atoms with Crippen molar-refractivity contribution in [2.24, 2.45) is 0 Å². The Hall–Kier alpha value is -1.02. The zero-order valence-corrected chi connectivity index (χ0v) is 8.25. The number of hydrogen-bond donors (Lipinski definition) is 0. The monoisotopic (exact) mass is 180 g/mol. The predicted molar refractivity (Wildman–Crippen MR) is 53.2 cm³/mol. The Balaban J connectivity index is 2.40. The van der Waals surface area contributed by atoms with Crippen LogP contribution in [0.3, 0.4) is 0 Å². The number of aryl methyl sites for hydroxylation is 1. The molecule has 0 aromatic heterocycles. The number of benzene rings is 1. The zero-order valence-electron chi connectivity index (χ0n) is 8.25. The minimum atomic E-state index is 0.613. The molecule has 0 aliphatic heterocycles. The summed E-state index contributed by atoms with van der Waals surface area (Å²) < 4.78 is 10.3. The van der Waals surface area contributed by atoms with E-state index in [-0.39, 0.29) is 0 Å². The minimum Gasteiger partial charge on any atom is -0.491 e. The molecule has 0 unspecified atom stereocenters. The fourth-order valence-electron chi connectivity index (χ4n) is 1.06. The molecule has 1 aromatic carbocycles. The van der Waals surface area contributed by atoms with Crippen LogP contribution in [0.2, 0.25) is 0 Å². The van der Waals surface area contributed by atoms with Gasteiger partial charge in [-0.2, -0.15) is 0 Å². The summed E-state index contributed by atoms with van der Waals surface area (Å²) in [6, 6.07) is 8.16. The third kappa shape index (κ3) is 3.47. The smallest absolute Gasteiger partial charge is 0.119 e. The van der Waals surface area contributed by atoms with Gasteiger partial charge in [0.25, 0.3) is 0 Å². The van der Waals surface area contributed by atoms with E-state index in [4.69, 9.17) is 9.47 Å².